The van der Waals surface area contributed by atoms with Crippen molar-refractivity contribution in [3.63, 3.8) is 0 Å². The van der Waals surface area contributed by atoms with Crippen LogP contribution in [0.4, 0.5) is 10.2 Å². The second-order valence-corrected chi connectivity index (χ2v) is 8.83. The number of aryl methyl sites for hydroxylation is 1. The standard InChI is InChI=1S/C25H29FN4O2/c1-16(2)14-22(31)25(32)30-12-10-29(11-13-30)24-19-9-8-17(3)15-21(19)27-23(28-24)18-6-4-5-7-20(18)26/h4-9,15-16,22,31H,10-14H2,1-3H3/t22-/m1/s1. The van der Waals surface area contributed by atoms with Crippen LogP contribution in [0.15, 0.2) is 42.5 Å². The van der Waals surface area contributed by atoms with E-state index >= 15 is 0 Å². The molecule has 0 spiro atoms. The lowest BCUT2D eigenvalue weighted by Crippen LogP contribution is -2.52. The lowest BCUT2D eigenvalue weighted by Gasteiger charge is -2.37. The van der Waals surface area contributed by atoms with Gasteiger partial charge in [-0.3, -0.25) is 4.79 Å². The predicted octanol–water partition coefficient (Wildman–Crippen LogP) is 3.80. The number of amides is 1. The molecular weight excluding hydrogens is 407 g/mol. The van der Waals surface area contributed by atoms with Crippen LogP contribution in [0.2, 0.25) is 0 Å². The maximum atomic E-state index is 14.5. The van der Waals surface area contributed by atoms with Gasteiger partial charge in [0.1, 0.15) is 17.7 Å². The molecule has 1 N–H and O–H groups in total. The normalized spacial score (nSPS) is 15.4. The number of halogens is 1. The molecule has 3 aromatic rings. The van der Waals surface area contributed by atoms with Crippen LogP contribution in [0.5, 0.6) is 0 Å². The van der Waals surface area contributed by atoms with Gasteiger partial charge in [-0.05, 0) is 49.1 Å². The molecule has 0 saturated carbocycles. The average molecular weight is 437 g/mol. The number of anilines is 1. The number of hydrogen-bond acceptors (Lipinski definition) is 5. The summed E-state index contributed by atoms with van der Waals surface area (Å²) < 4.78 is 14.5. The third-order valence-electron chi connectivity index (χ3n) is 5.82. The summed E-state index contributed by atoms with van der Waals surface area (Å²) in [4.78, 5) is 25.8. The largest absolute Gasteiger partial charge is 0.383 e. The third-order valence-corrected chi connectivity index (χ3v) is 5.82. The number of carbonyl (C=O) groups is 1. The van der Waals surface area contributed by atoms with E-state index in [1.165, 1.54) is 6.07 Å². The molecule has 2 aromatic carbocycles. The highest BCUT2D eigenvalue weighted by molar-refractivity contribution is 5.91. The van der Waals surface area contributed by atoms with E-state index in [4.69, 9.17) is 4.98 Å². The molecule has 1 aromatic heterocycles. The molecule has 1 fully saturated rings. The van der Waals surface area contributed by atoms with Crippen molar-refractivity contribution in [3.05, 3.63) is 53.8 Å². The van der Waals surface area contributed by atoms with E-state index in [0.717, 1.165) is 22.3 Å². The van der Waals surface area contributed by atoms with Gasteiger partial charge >= 0.3 is 0 Å². The first-order valence-corrected chi connectivity index (χ1v) is 11.1. The summed E-state index contributed by atoms with van der Waals surface area (Å²) in [6, 6.07) is 12.5. The van der Waals surface area contributed by atoms with E-state index in [1.54, 1.807) is 23.1 Å². The summed E-state index contributed by atoms with van der Waals surface area (Å²) in [5.41, 5.74) is 2.19. The molecule has 7 heteroatoms. The van der Waals surface area contributed by atoms with E-state index in [0.29, 0.717) is 44.0 Å². The molecule has 4 rings (SSSR count). The van der Waals surface area contributed by atoms with Crippen LogP contribution in [0.1, 0.15) is 25.8 Å². The zero-order valence-corrected chi connectivity index (χ0v) is 18.8. The molecule has 1 saturated heterocycles. The number of fused-ring (bicyclic) bond motifs is 1. The van der Waals surface area contributed by atoms with Crippen molar-refractivity contribution in [3.8, 4) is 11.4 Å². The Balaban J connectivity index is 1.63. The van der Waals surface area contributed by atoms with E-state index in [1.807, 2.05) is 39.0 Å². The highest BCUT2D eigenvalue weighted by Gasteiger charge is 2.28. The number of hydrogen-bond donors (Lipinski definition) is 1. The number of aromatic nitrogens is 2. The van der Waals surface area contributed by atoms with Gasteiger partial charge in [0, 0.05) is 31.6 Å². The molecule has 0 bridgehead atoms. The van der Waals surface area contributed by atoms with Crippen LogP contribution in [0.25, 0.3) is 22.3 Å². The van der Waals surface area contributed by atoms with Crippen LogP contribution in [0.3, 0.4) is 0 Å². The van der Waals surface area contributed by atoms with Gasteiger partial charge < -0.3 is 14.9 Å². The fourth-order valence-electron chi connectivity index (χ4n) is 4.12. The van der Waals surface area contributed by atoms with Gasteiger partial charge in [0.2, 0.25) is 0 Å². The Morgan fingerprint density at radius 1 is 1.09 bits per heavy atom. The number of aliphatic hydroxyl groups is 1. The van der Waals surface area contributed by atoms with Crippen molar-refractivity contribution in [2.45, 2.75) is 33.3 Å². The van der Waals surface area contributed by atoms with E-state index in [9.17, 15) is 14.3 Å². The highest BCUT2D eigenvalue weighted by atomic mass is 19.1. The Bertz CT molecular complexity index is 1130. The fraction of sp³-hybridized carbons (Fsp3) is 0.400. The lowest BCUT2D eigenvalue weighted by molar-refractivity contribution is -0.141. The number of aliphatic hydroxyl groups excluding tert-OH is 1. The Kier molecular flexibility index (Phi) is 6.37. The minimum atomic E-state index is -0.961. The maximum absolute atomic E-state index is 14.5. The van der Waals surface area contributed by atoms with Crippen LogP contribution in [0, 0.1) is 18.7 Å². The number of carbonyl (C=O) groups excluding carboxylic acids is 1. The molecule has 6 nitrogen and oxygen atoms in total. The van der Waals surface area contributed by atoms with Crippen molar-refractivity contribution in [1.82, 2.24) is 14.9 Å². The van der Waals surface area contributed by atoms with Crippen LogP contribution < -0.4 is 4.90 Å². The molecule has 0 aliphatic carbocycles. The first kappa shape index (κ1) is 22.1. The Morgan fingerprint density at radius 3 is 2.50 bits per heavy atom. The second kappa shape index (κ2) is 9.20. The summed E-state index contributed by atoms with van der Waals surface area (Å²) in [5, 5.41) is 11.1. The van der Waals surface area contributed by atoms with Crippen molar-refractivity contribution < 1.29 is 14.3 Å². The van der Waals surface area contributed by atoms with E-state index in [-0.39, 0.29) is 17.6 Å². The quantitative estimate of drug-likeness (QED) is 0.659. The molecule has 0 radical (unpaired) electrons. The monoisotopic (exact) mass is 436 g/mol. The summed E-state index contributed by atoms with van der Waals surface area (Å²) >= 11 is 0. The summed E-state index contributed by atoms with van der Waals surface area (Å²) in [6.07, 6.45) is -0.502. The SMILES string of the molecule is Cc1ccc2c(N3CCN(C(=O)[C@H](O)CC(C)C)CC3)nc(-c3ccccc3F)nc2c1. The Hall–Kier alpha value is -3.06. The zero-order valence-electron chi connectivity index (χ0n) is 18.8. The van der Waals surface area contributed by atoms with E-state index < -0.39 is 6.10 Å². The minimum absolute atomic E-state index is 0.214. The lowest BCUT2D eigenvalue weighted by atomic mass is 10.0. The van der Waals surface area contributed by atoms with Gasteiger partial charge in [-0.1, -0.05) is 32.0 Å². The number of benzene rings is 2. The molecule has 0 unspecified atom stereocenters. The summed E-state index contributed by atoms with van der Waals surface area (Å²) in [7, 11) is 0. The Morgan fingerprint density at radius 2 is 1.81 bits per heavy atom. The van der Waals surface area contributed by atoms with Crippen molar-refractivity contribution >= 4 is 22.6 Å². The van der Waals surface area contributed by atoms with Gasteiger partial charge in [-0.15, -0.1) is 0 Å². The van der Waals surface area contributed by atoms with Gasteiger partial charge in [0.25, 0.3) is 5.91 Å². The fourth-order valence-corrected chi connectivity index (χ4v) is 4.12. The molecule has 1 atom stereocenters. The summed E-state index contributed by atoms with van der Waals surface area (Å²) in [6.45, 7) is 8.14. The number of piperazine rings is 1. The van der Waals surface area contributed by atoms with Crippen LogP contribution in [-0.2, 0) is 4.79 Å². The number of nitrogens with zero attached hydrogens (tertiary/aromatic N) is 4. The smallest absolute Gasteiger partial charge is 0.251 e. The predicted molar refractivity (Wildman–Crippen MR) is 124 cm³/mol. The molecule has 32 heavy (non-hydrogen) atoms. The van der Waals surface area contributed by atoms with E-state index in [2.05, 4.69) is 9.88 Å². The number of rotatable bonds is 5. The molecule has 1 aliphatic rings. The highest BCUT2D eigenvalue weighted by Crippen LogP contribution is 2.30. The van der Waals surface area contributed by atoms with Crippen molar-refractivity contribution in [2.24, 2.45) is 5.92 Å². The molecule has 1 aliphatic heterocycles. The Labute approximate surface area is 187 Å². The van der Waals surface area contributed by atoms with Gasteiger partial charge in [-0.2, -0.15) is 0 Å². The van der Waals surface area contributed by atoms with Crippen LogP contribution >= 0.6 is 0 Å². The van der Waals surface area contributed by atoms with Crippen molar-refractivity contribution in [2.75, 3.05) is 31.1 Å². The first-order valence-electron chi connectivity index (χ1n) is 11.1. The minimum Gasteiger partial charge on any atom is -0.383 e. The maximum Gasteiger partial charge on any atom is 0.251 e. The molecule has 168 valence electrons. The van der Waals surface area contributed by atoms with Gasteiger partial charge in [-0.25, -0.2) is 14.4 Å². The average Bonchev–Trinajstić information content (AvgIpc) is 2.77. The molecular formula is C25H29FN4O2. The third kappa shape index (κ3) is 4.58. The van der Waals surface area contributed by atoms with Gasteiger partial charge in [0.05, 0.1) is 11.1 Å². The zero-order chi connectivity index (χ0) is 22.8. The first-order chi connectivity index (χ1) is 15.3. The van der Waals surface area contributed by atoms with Crippen LogP contribution in [-0.4, -0.2) is 58.2 Å². The molecule has 1 amide bonds. The van der Waals surface area contributed by atoms with Crippen molar-refractivity contribution in [1.29, 1.82) is 0 Å². The second-order valence-electron chi connectivity index (χ2n) is 8.83. The topological polar surface area (TPSA) is 69.6 Å². The summed E-state index contributed by atoms with van der Waals surface area (Å²) in [5.74, 6) is 0.765. The molecule has 2 heterocycles. The van der Waals surface area contributed by atoms with Gasteiger partial charge in [0.15, 0.2) is 5.82 Å².